The largest absolute Gasteiger partial charge is 0.494 e. The molecule has 0 saturated heterocycles. The quantitative estimate of drug-likeness (QED) is 0.777. The summed E-state index contributed by atoms with van der Waals surface area (Å²) in [5.74, 6) is -0.484. The van der Waals surface area contributed by atoms with Crippen LogP contribution in [0.4, 0.5) is 4.39 Å². The van der Waals surface area contributed by atoms with Gasteiger partial charge in [-0.15, -0.1) is 0 Å². The lowest BCUT2D eigenvalue weighted by molar-refractivity contribution is -0.128. The summed E-state index contributed by atoms with van der Waals surface area (Å²) in [6, 6.07) is 10.7. The first-order valence-electron chi connectivity index (χ1n) is 8.16. The number of hydrogen-bond acceptors (Lipinski definition) is 4. The third-order valence-corrected chi connectivity index (χ3v) is 3.56. The molecule has 0 aliphatic heterocycles. The van der Waals surface area contributed by atoms with E-state index in [0.29, 0.717) is 23.7 Å². The summed E-state index contributed by atoms with van der Waals surface area (Å²) in [6.07, 6.45) is -0.846. The smallest absolute Gasteiger partial charge is 0.279 e. The van der Waals surface area contributed by atoms with E-state index >= 15 is 0 Å². The van der Waals surface area contributed by atoms with Crippen molar-refractivity contribution in [2.24, 2.45) is 0 Å². The zero-order chi connectivity index (χ0) is 19.1. The summed E-state index contributed by atoms with van der Waals surface area (Å²) in [6.45, 7) is 5.67. The highest BCUT2D eigenvalue weighted by atomic mass is 19.1. The molecule has 0 radical (unpaired) electrons. The second kappa shape index (κ2) is 8.84. The second-order valence-electron chi connectivity index (χ2n) is 5.57. The molecule has 0 aliphatic carbocycles. The van der Waals surface area contributed by atoms with Gasteiger partial charge in [0.1, 0.15) is 17.3 Å². The van der Waals surface area contributed by atoms with Gasteiger partial charge in [-0.1, -0.05) is 6.07 Å². The Kier molecular flexibility index (Phi) is 6.54. The zero-order valence-electron chi connectivity index (χ0n) is 14.8. The summed E-state index contributed by atoms with van der Waals surface area (Å²) in [7, 11) is 0. The molecule has 2 N–H and O–H groups in total. The molecular formula is C19H21FN2O4. The van der Waals surface area contributed by atoms with Crippen molar-refractivity contribution in [1.29, 1.82) is 0 Å². The van der Waals surface area contributed by atoms with Gasteiger partial charge in [-0.25, -0.2) is 4.39 Å². The fourth-order valence-corrected chi connectivity index (χ4v) is 2.16. The van der Waals surface area contributed by atoms with Crippen LogP contribution in [-0.2, 0) is 4.79 Å². The number of aryl methyl sites for hydroxylation is 1. The van der Waals surface area contributed by atoms with Gasteiger partial charge in [0.25, 0.3) is 11.8 Å². The number of carbonyl (C=O) groups is 2. The minimum atomic E-state index is -0.846. The maximum Gasteiger partial charge on any atom is 0.279 e. The fourth-order valence-electron chi connectivity index (χ4n) is 2.16. The number of carbonyl (C=O) groups excluding carboxylic acids is 2. The molecule has 0 saturated carbocycles. The molecule has 0 spiro atoms. The van der Waals surface area contributed by atoms with E-state index in [9.17, 15) is 14.0 Å². The molecule has 0 aliphatic rings. The van der Waals surface area contributed by atoms with Crippen LogP contribution in [0.1, 0.15) is 29.8 Å². The molecule has 0 heterocycles. The molecule has 138 valence electrons. The SMILES string of the molecule is CCOc1ccc(OC(C)C(=O)NNC(=O)c2cc(F)ccc2C)cc1. The lowest BCUT2D eigenvalue weighted by atomic mass is 10.1. The zero-order valence-corrected chi connectivity index (χ0v) is 14.8. The first-order valence-corrected chi connectivity index (χ1v) is 8.16. The Morgan fingerprint density at radius 1 is 1.08 bits per heavy atom. The number of nitrogens with one attached hydrogen (secondary N) is 2. The van der Waals surface area contributed by atoms with E-state index in [4.69, 9.17) is 9.47 Å². The van der Waals surface area contributed by atoms with Crippen molar-refractivity contribution in [2.75, 3.05) is 6.61 Å². The van der Waals surface area contributed by atoms with E-state index in [0.717, 1.165) is 6.07 Å². The van der Waals surface area contributed by atoms with Crippen LogP contribution in [0.2, 0.25) is 0 Å². The van der Waals surface area contributed by atoms with Crippen molar-refractivity contribution in [3.63, 3.8) is 0 Å². The maximum atomic E-state index is 13.3. The van der Waals surface area contributed by atoms with Gasteiger partial charge in [0.2, 0.25) is 0 Å². The number of amides is 2. The molecule has 26 heavy (non-hydrogen) atoms. The Morgan fingerprint density at radius 2 is 1.73 bits per heavy atom. The van der Waals surface area contributed by atoms with E-state index in [1.165, 1.54) is 12.1 Å². The standard InChI is InChI=1S/C19H21FN2O4/c1-4-25-15-7-9-16(10-8-15)26-13(3)18(23)21-22-19(24)17-11-14(20)6-5-12(17)2/h5-11,13H,4H2,1-3H3,(H,21,23)(H,22,24). The van der Waals surface area contributed by atoms with Crippen molar-refractivity contribution in [3.8, 4) is 11.5 Å². The molecule has 6 nitrogen and oxygen atoms in total. The van der Waals surface area contributed by atoms with Crippen molar-refractivity contribution in [2.45, 2.75) is 26.9 Å². The van der Waals surface area contributed by atoms with Crippen LogP contribution in [0.15, 0.2) is 42.5 Å². The van der Waals surface area contributed by atoms with Crippen molar-refractivity contribution < 1.29 is 23.5 Å². The molecular weight excluding hydrogens is 339 g/mol. The predicted molar refractivity (Wildman–Crippen MR) is 94.4 cm³/mol. The van der Waals surface area contributed by atoms with Gasteiger partial charge in [-0.2, -0.15) is 0 Å². The number of hydrogen-bond donors (Lipinski definition) is 2. The number of halogens is 1. The number of benzene rings is 2. The molecule has 0 aromatic heterocycles. The van der Waals surface area contributed by atoms with Gasteiger partial charge in [-0.05, 0) is 62.7 Å². The first kappa shape index (κ1) is 19.2. The summed E-state index contributed by atoms with van der Waals surface area (Å²) in [5.41, 5.74) is 5.26. The Bertz CT molecular complexity index is 778. The Hall–Kier alpha value is -3.09. The van der Waals surface area contributed by atoms with Gasteiger partial charge in [0, 0.05) is 5.56 Å². The molecule has 1 unspecified atom stereocenters. The highest BCUT2D eigenvalue weighted by Crippen LogP contribution is 2.18. The van der Waals surface area contributed by atoms with Crippen LogP contribution in [0, 0.1) is 12.7 Å². The molecule has 2 rings (SSSR count). The maximum absolute atomic E-state index is 13.3. The lowest BCUT2D eigenvalue weighted by Gasteiger charge is -2.16. The number of hydrazine groups is 1. The topological polar surface area (TPSA) is 76.7 Å². The Balaban J connectivity index is 1.88. The third-order valence-electron chi connectivity index (χ3n) is 3.56. The van der Waals surface area contributed by atoms with Crippen LogP contribution in [-0.4, -0.2) is 24.5 Å². The van der Waals surface area contributed by atoms with E-state index in [1.807, 2.05) is 6.92 Å². The van der Waals surface area contributed by atoms with Crippen molar-refractivity contribution >= 4 is 11.8 Å². The van der Waals surface area contributed by atoms with Crippen LogP contribution < -0.4 is 20.3 Å². The average molecular weight is 360 g/mol. The first-order chi connectivity index (χ1) is 12.4. The van der Waals surface area contributed by atoms with Crippen molar-refractivity contribution in [3.05, 3.63) is 59.4 Å². The highest BCUT2D eigenvalue weighted by molar-refractivity contribution is 5.97. The molecule has 0 bridgehead atoms. The Labute approximate surface area is 151 Å². The molecule has 7 heteroatoms. The molecule has 2 amide bonds. The normalized spacial score (nSPS) is 11.4. The minimum Gasteiger partial charge on any atom is -0.494 e. The molecule has 1 atom stereocenters. The van der Waals surface area contributed by atoms with Gasteiger partial charge in [-0.3, -0.25) is 20.4 Å². The van der Waals surface area contributed by atoms with Gasteiger partial charge < -0.3 is 9.47 Å². The van der Waals surface area contributed by atoms with Crippen LogP contribution in [0.25, 0.3) is 0 Å². The van der Waals surface area contributed by atoms with E-state index in [2.05, 4.69) is 10.9 Å². The van der Waals surface area contributed by atoms with E-state index < -0.39 is 23.7 Å². The minimum absolute atomic E-state index is 0.144. The molecule has 2 aromatic carbocycles. The molecule has 2 aromatic rings. The number of rotatable bonds is 6. The Morgan fingerprint density at radius 3 is 2.38 bits per heavy atom. The third kappa shape index (κ3) is 5.20. The van der Waals surface area contributed by atoms with Gasteiger partial charge in [0.15, 0.2) is 6.10 Å². The van der Waals surface area contributed by atoms with Gasteiger partial charge >= 0.3 is 0 Å². The number of ether oxygens (including phenoxy) is 2. The van der Waals surface area contributed by atoms with Crippen LogP contribution >= 0.6 is 0 Å². The predicted octanol–water partition coefficient (Wildman–Crippen LogP) is 2.76. The lowest BCUT2D eigenvalue weighted by Crippen LogP contribution is -2.47. The van der Waals surface area contributed by atoms with Crippen molar-refractivity contribution in [1.82, 2.24) is 10.9 Å². The van der Waals surface area contributed by atoms with E-state index in [1.54, 1.807) is 38.1 Å². The average Bonchev–Trinajstić information content (AvgIpc) is 2.63. The van der Waals surface area contributed by atoms with Crippen LogP contribution in [0.3, 0.4) is 0 Å². The van der Waals surface area contributed by atoms with Crippen LogP contribution in [0.5, 0.6) is 11.5 Å². The van der Waals surface area contributed by atoms with E-state index in [-0.39, 0.29) is 5.56 Å². The highest BCUT2D eigenvalue weighted by Gasteiger charge is 2.17. The summed E-state index contributed by atoms with van der Waals surface area (Å²) >= 11 is 0. The monoisotopic (exact) mass is 360 g/mol. The summed E-state index contributed by atoms with van der Waals surface area (Å²) < 4.78 is 24.1. The fraction of sp³-hybridized carbons (Fsp3) is 0.263. The molecule has 0 fully saturated rings. The summed E-state index contributed by atoms with van der Waals surface area (Å²) in [5, 5.41) is 0. The second-order valence-corrected chi connectivity index (χ2v) is 5.57. The summed E-state index contributed by atoms with van der Waals surface area (Å²) in [4.78, 5) is 24.1. The van der Waals surface area contributed by atoms with Gasteiger partial charge in [0.05, 0.1) is 6.61 Å².